The predicted octanol–water partition coefficient (Wildman–Crippen LogP) is 0.526. The van der Waals surface area contributed by atoms with Crippen molar-refractivity contribution in [2.24, 2.45) is 16.6 Å². The van der Waals surface area contributed by atoms with Gasteiger partial charge in [0.15, 0.2) is 5.84 Å². The molecule has 0 spiro atoms. The fraction of sp³-hybridized carbons (Fsp3) is 0.190. The van der Waals surface area contributed by atoms with Crippen molar-refractivity contribution in [3.8, 4) is 10.6 Å². The molecule has 0 fully saturated rings. The van der Waals surface area contributed by atoms with Crippen molar-refractivity contribution in [3.63, 3.8) is 0 Å². The molecule has 1 atom stereocenters. The van der Waals surface area contributed by atoms with E-state index in [1.165, 1.54) is 12.1 Å². The SMILES string of the molecule is Cc1cccc(S(=O)(=O)NC(CN)C(=O)OC(=O)Cc2nnc(-c3ccc(C(N)=NO)cc3)s2)c1. The Hall–Kier alpha value is -3.72. The van der Waals surface area contributed by atoms with Crippen LogP contribution in [0.5, 0.6) is 0 Å². The van der Waals surface area contributed by atoms with Crippen molar-refractivity contribution in [2.75, 3.05) is 6.54 Å². The van der Waals surface area contributed by atoms with Crippen molar-refractivity contribution < 1.29 is 28.0 Å². The molecule has 1 aromatic heterocycles. The lowest BCUT2D eigenvalue weighted by atomic mass is 10.1. The van der Waals surface area contributed by atoms with Crippen LogP contribution >= 0.6 is 11.3 Å². The molecule has 184 valence electrons. The van der Waals surface area contributed by atoms with Crippen molar-refractivity contribution in [1.82, 2.24) is 14.9 Å². The Morgan fingerprint density at radius 3 is 2.54 bits per heavy atom. The van der Waals surface area contributed by atoms with Gasteiger partial charge < -0.3 is 21.4 Å². The number of sulfonamides is 1. The molecule has 2 aromatic carbocycles. The van der Waals surface area contributed by atoms with E-state index in [2.05, 4.69) is 20.1 Å². The van der Waals surface area contributed by atoms with Crippen LogP contribution < -0.4 is 16.2 Å². The second-order valence-electron chi connectivity index (χ2n) is 7.26. The van der Waals surface area contributed by atoms with Gasteiger partial charge in [-0.15, -0.1) is 10.2 Å². The average molecular weight is 519 g/mol. The summed E-state index contributed by atoms with van der Waals surface area (Å²) in [5.41, 5.74) is 13.0. The Morgan fingerprint density at radius 2 is 1.91 bits per heavy atom. The number of hydrogen-bond acceptors (Lipinski definition) is 11. The molecule has 0 radical (unpaired) electrons. The molecule has 6 N–H and O–H groups in total. The summed E-state index contributed by atoms with van der Waals surface area (Å²) in [4.78, 5) is 24.6. The summed E-state index contributed by atoms with van der Waals surface area (Å²) in [6, 6.07) is 11.3. The molecule has 0 bridgehead atoms. The van der Waals surface area contributed by atoms with Crippen LogP contribution in [0.4, 0.5) is 0 Å². The van der Waals surface area contributed by atoms with E-state index in [-0.39, 0.29) is 22.2 Å². The molecule has 0 saturated heterocycles. The van der Waals surface area contributed by atoms with Crippen LogP contribution in [0.1, 0.15) is 16.1 Å². The minimum Gasteiger partial charge on any atom is -0.409 e. The Labute approximate surface area is 204 Å². The normalized spacial score (nSPS) is 12.8. The minimum absolute atomic E-state index is 0.0427. The highest BCUT2D eigenvalue weighted by atomic mass is 32.2. The zero-order valence-corrected chi connectivity index (χ0v) is 20.0. The van der Waals surface area contributed by atoms with Gasteiger partial charge >= 0.3 is 11.9 Å². The van der Waals surface area contributed by atoms with Crippen LogP contribution in [-0.2, 0) is 30.8 Å². The number of aryl methyl sites for hydroxylation is 1. The first-order valence-electron chi connectivity index (χ1n) is 10.1. The van der Waals surface area contributed by atoms with Crippen molar-refractivity contribution in [2.45, 2.75) is 24.3 Å². The summed E-state index contributed by atoms with van der Waals surface area (Å²) in [5, 5.41) is 20.4. The largest absolute Gasteiger partial charge is 0.409 e. The molecule has 3 rings (SSSR count). The number of rotatable bonds is 9. The second kappa shape index (κ2) is 11.1. The first-order valence-corrected chi connectivity index (χ1v) is 12.4. The standard InChI is InChI=1S/C21H22N6O6S2/c1-12-3-2-4-15(9-12)35(31,32)27-16(11-22)21(29)33-18(28)10-17-24-25-20(34-17)14-7-5-13(6-8-14)19(23)26-30/h2-9,16,27,30H,10-11,22H2,1H3,(H2,23,26). The van der Waals surface area contributed by atoms with Gasteiger partial charge in [-0.1, -0.05) is 52.9 Å². The first-order chi connectivity index (χ1) is 16.6. The molecule has 12 nitrogen and oxygen atoms in total. The Balaban J connectivity index is 1.61. The topological polar surface area (TPSA) is 200 Å². The molecular formula is C21H22N6O6S2. The fourth-order valence-corrected chi connectivity index (χ4v) is 4.99. The number of esters is 2. The van der Waals surface area contributed by atoms with Crippen molar-refractivity contribution in [1.29, 1.82) is 0 Å². The molecule has 35 heavy (non-hydrogen) atoms. The number of nitrogens with zero attached hydrogens (tertiary/aromatic N) is 3. The molecular weight excluding hydrogens is 496 g/mol. The maximum absolute atomic E-state index is 12.5. The maximum Gasteiger partial charge on any atom is 0.333 e. The number of amidine groups is 1. The monoisotopic (exact) mass is 518 g/mol. The van der Waals surface area contributed by atoms with Crippen LogP contribution in [0, 0.1) is 6.92 Å². The van der Waals surface area contributed by atoms with Crippen LogP contribution in [0.3, 0.4) is 0 Å². The zero-order valence-electron chi connectivity index (χ0n) is 18.4. The molecule has 14 heteroatoms. The summed E-state index contributed by atoms with van der Waals surface area (Å²) >= 11 is 1.10. The molecule has 1 unspecified atom stereocenters. The third-order valence-corrected chi connectivity index (χ3v) is 7.07. The number of benzene rings is 2. The third kappa shape index (κ3) is 6.66. The van der Waals surface area contributed by atoms with E-state index in [4.69, 9.17) is 21.4 Å². The highest BCUT2D eigenvalue weighted by Gasteiger charge is 2.28. The average Bonchev–Trinajstić information content (AvgIpc) is 3.30. The van der Waals surface area contributed by atoms with Gasteiger partial charge in [0.1, 0.15) is 22.5 Å². The van der Waals surface area contributed by atoms with Gasteiger partial charge in [-0.25, -0.2) is 13.2 Å². The second-order valence-corrected chi connectivity index (χ2v) is 10.0. The van der Waals surface area contributed by atoms with Gasteiger partial charge in [0.2, 0.25) is 10.0 Å². The van der Waals surface area contributed by atoms with E-state index < -0.39 is 34.5 Å². The summed E-state index contributed by atoms with van der Waals surface area (Å²) in [7, 11) is -4.06. The van der Waals surface area contributed by atoms with E-state index in [1.54, 1.807) is 43.3 Å². The van der Waals surface area contributed by atoms with Crippen LogP contribution in [0.25, 0.3) is 10.6 Å². The number of carbonyl (C=O) groups excluding carboxylic acids is 2. The predicted molar refractivity (Wildman–Crippen MR) is 127 cm³/mol. The number of hydrogen-bond donors (Lipinski definition) is 4. The lowest BCUT2D eigenvalue weighted by Crippen LogP contribution is -2.47. The molecule has 0 amide bonds. The maximum atomic E-state index is 12.5. The van der Waals surface area contributed by atoms with E-state index in [1.807, 2.05) is 0 Å². The van der Waals surface area contributed by atoms with Crippen molar-refractivity contribution in [3.05, 3.63) is 64.7 Å². The van der Waals surface area contributed by atoms with Gasteiger partial charge in [0, 0.05) is 17.7 Å². The third-order valence-electron chi connectivity index (χ3n) is 4.63. The van der Waals surface area contributed by atoms with Gasteiger partial charge in [-0.05, 0) is 24.6 Å². The fourth-order valence-electron chi connectivity index (χ4n) is 2.86. The highest BCUT2D eigenvalue weighted by molar-refractivity contribution is 7.89. The van der Waals surface area contributed by atoms with Crippen LogP contribution in [0.2, 0.25) is 0 Å². The van der Waals surface area contributed by atoms with E-state index in [0.717, 1.165) is 11.3 Å². The number of oxime groups is 1. The molecule has 0 aliphatic carbocycles. The van der Waals surface area contributed by atoms with E-state index in [0.29, 0.717) is 21.7 Å². The number of aromatic nitrogens is 2. The van der Waals surface area contributed by atoms with Gasteiger partial charge in [0.05, 0.1) is 4.90 Å². The summed E-state index contributed by atoms with van der Waals surface area (Å²) in [6.45, 7) is 1.31. The van der Waals surface area contributed by atoms with Crippen molar-refractivity contribution >= 4 is 39.1 Å². The molecule has 1 heterocycles. The number of ether oxygens (including phenoxy) is 1. The molecule has 0 saturated carbocycles. The number of nitrogens with one attached hydrogen (secondary N) is 1. The Morgan fingerprint density at radius 1 is 1.20 bits per heavy atom. The molecule has 0 aliphatic rings. The van der Waals surface area contributed by atoms with Gasteiger partial charge in [0.25, 0.3) is 0 Å². The smallest absolute Gasteiger partial charge is 0.333 e. The van der Waals surface area contributed by atoms with Crippen LogP contribution in [-0.4, -0.2) is 54.2 Å². The summed E-state index contributed by atoms with van der Waals surface area (Å²) < 4.78 is 32.0. The van der Waals surface area contributed by atoms with E-state index in [9.17, 15) is 18.0 Å². The number of carbonyl (C=O) groups is 2. The lowest BCUT2D eigenvalue weighted by molar-refractivity contribution is -0.160. The Kier molecular flexibility index (Phi) is 8.24. The van der Waals surface area contributed by atoms with Gasteiger partial charge in [-0.3, -0.25) is 4.79 Å². The Bertz CT molecular complexity index is 1350. The van der Waals surface area contributed by atoms with Gasteiger partial charge in [-0.2, -0.15) is 4.72 Å². The number of nitrogens with two attached hydrogens (primary N) is 2. The summed E-state index contributed by atoms with van der Waals surface area (Å²) in [6.07, 6.45) is -0.354. The highest BCUT2D eigenvalue weighted by Crippen LogP contribution is 2.24. The van der Waals surface area contributed by atoms with E-state index >= 15 is 0 Å². The lowest BCUT2D eigenvalue weighted by Gasteiger charge is -2.15. The quantitative estimate of drug-likeness (QED) is 0.0773. The molecule has 0 aliphatic heterocycles. The summed E-state index contributed by atoms with van der Waals surface area (Å²) in [5.74, 6) is -2.11. The zero-order chi connectivity index (χ0) is 25.6. The first kappa shape index (κ1) is 25.9. The minimum atomic E-state index is -4.06. The molecule has 3 aromatic rings. The van der Waals surface area contributed by atoms with Crippen LogP contribution in [0.15, 0.2) is 58.6 Å².